The van der Waals surface area contributed by atoms with Gasteiger partial charge in [0.15, 0.2) is 6.10 Å². The van der Waals surface area contributed by atoms with Crippen LogP contribution in [-0.2, 0) is 15.0 Å². The van der Waals surface area contributed by atoms with E-state index in [1.807, 2.05) is 48.5 Å². The van der Waals surface area contributed by atoms with Crippen LogP contribution in [0, 0.1) is 0 Å². The number of hydrogen-bond donors (Lipinski definition) is 1. The van der Waals surface area contributed by atoms with Crippen molar-refractivity contribution in [1.29, 1.82) is 0 Å². The predicted octanol–water partition coefficient (Wildman–Crippen LogP) is 3.94. The molecule has 0 saturated carbocycles. The van der Waals surface area contributed by atoms with Gasteiger partial charge in [-0.05, 0) is 36.8 Å². The summed E-state index contributed by atoms with van der Waals surface area (Å²) in [7, 11) is 0. The van der Waals surface area contributed by atoms with Crippen molar-refractivity contribution in [3.05, 3.63) is 59.1 Å². The summed E-state index contributed by atoms with van der Waals surface area (Å²) in [6.07, 6.45) is -0.335. The Bertz CT molecular complexity index is 882. The fourth-order valence-corrected chi connectivity index (χ4v) is 3.41. The number of carbonyl (C=O) groups is 2. The molecule has 2 amide bonds. The topological polar surface area (TPSA) is 58.6 Å². The van der Waals surface area contributed by atoms with Crippen LogP contribution in [0.3, 0.4) is 0 Å². The highest BCUT2D eigenvalue weighted by atomic mass is 35.5. The molecule has 6 heteroatoms. The summed E-state index contributed by atoms with van der Waals surface area (Å²) in [5.41, 5.74) is 1.51. The van der Waals surface area contributed by atoms with Crippen molar-refractivity contribution in [2.24, 2.45) is 0 Å². The minimum atomic E-state index is -0.556. The van der Waals surface area contributed by atoms with Gasteiger partial charge in [-0.2, -0.15) is 0 Å². The molecular weight excluding hydrogens is 376 g/mol. The first kappa shape index (κ1) is 20.2. The summed E-state index contributed by atoms with van der Waals surface area (Å²) < 4.78 is 5.63. The summed E-state index contributed by atoms with van der Waals surface area (Å²) >= 11 is 6.08. The van der Waals surface area contributed by atoms with Crippen LogP contribution < -0.4 is 15.0 Å². The van der Waals surface area contributed by atoms with E-state index in [1.54, 1.807) is 11.8 Å². The van der Waals surface area contributed by atoms with E-state index in [2.05, 4.69) is 19.2 Å². The number of halogens is 1. The lowest BCUT2D eigenvalue weighted by atomic mass is 9.84. The molecule has 1 aliphatic heterocycles. The summed E-state index contributed by atoms with van der Waals surface area (Å²) in [6, 6.07) is 15.0. The highest BCUT2D eigenvalue weighted by Crippen LogP contribution is 2.33. The summed E-state index contributed by atoms with van der Waals surface area (Å²) in [6.45, 7) is 6.63. The highest BCUT2D eigenvalue weighted by Gasteiger charge is 2.31. The second kappa shape index (κ2) is 8.23. The van der Waals surface area contributed by atoms with Crippen LogP contribution in [-0.4, -0.2) is 31.0 Å². The molecule has 1 unspecified atom stereocenters. The third-order valence-electron chi connectivity index (χ3n) is 4.97. The van der Waals surface area contributed by atoms with E-state index in [0.717, 1.165) is 5.56 Å². The van der Waals surface area contributed by atoms with Crippen molar-refractivity contribution < 1.29 is 14.3 Å². The van der Waals surface area contributed by atoms with Gasteiger partial charge in [0.1, 0.15) is 5.75 Å². The standard InChI is InChI=1S/C22H25ClN2O3/c1-15-21(27)25(18-9-4-5-10-19(18)28-15)12-11-20(26)24-14-22(2,3)16-7-6-8-17(23)13-16/h4-10,13,15H,11-12,14H2,1-3H3,(H,24,26). The Balaban J connectivity index is 1.59. The lowest BCUT2D eigenvalue weighted by molar-refractivity contribution is -0.125. The Kier molecular flexibility index (Phi) is 5.94. The number of nitrogens with one attached hydrogen (secondary N) is 1. The van der Waals surface area contributed by atoms with E-state index in [4.69, 9.17) is 16.3 Å². The quantitative estimate of drug-likeness (QED) is 0.799. The minimum Gasteiger partial charge on any atom is -0.479 e. The van der Waals surface area contributed by atoms with Crippen LogP contribution >= 0.6 is 11.6 Å². The Morgan fingerprint density at radius 3 is 2.71 bits per heavy atom. The number of benzene rings is 2. The fraction of sp³-hybridized carbons (Fsp3) is 0.364. The van der Waals surface area contributed by atoms with Gasteiger partial charge in [0.25, 0.3) is 5.91 Å². The number of carbonyl (C=O) groups excluding carboxylic acids is 2. The molecular formula is C22H25ClN2O3. The third kappa shape index (κ3) is 4.47. The minimum absolute atomic E-state index is 0.0977. The molecule has 2 aromatic carbocycles. The SMILES string of the molecule is CC1Oc2ccccc2N(CCC(=O)NCC(C)(C)c2cccc(Cl)c2)C1=O. The zero-order chi connectivity index (χ0) is 20.3. The number of ether oxygens (including phenoxy) is 1. The molecule has 2 aromatic rings. The van der Waals surface area contributed by atoms with Gasteiger partial charge < -0.3 is 15.0 Å². The second-order valence-electron chi connectivity index (χ2n) is 7.64. The van der Waals surface area contributed by atoms with Crippen molar-refractivity contribution >= 4 is 29.1 Å². The number of nitrogens with zero attached hydrogens (tertiary/aromatic N) is 1. The molecule has 5 nitrogen and oxygen atoms in total. The molecule has 148 valence electrons. The van der Waals surface area contributed by atoms with Crippen molar-refractivity contribution in [3.63, 3.8) is 0 Å². The molecule has 1 N–H and O–H groups in total. The van der Waals surface area contributed by atoms with Crippen molar-refractivity contribution in [3.8, 4) is 5.75 Å². The smallest absolute Gasteiger partial charge is 0.267 e. The van der Waals surface area contributed by atoms with Crippen LogP contribution in [0.5, 0.6) is 5.75 Å². The molecule has 0 aliphatic carbocycles. The van der Waals surface area contributed by atoms with Gasteiger partial charge in [0.05, 0.1) is 5.69 Å². The molecule has 1 atom stereocenters. The van der Waals surface area contributed by atoms with E-state index >= 15 is 0 Å². The molecule has 1 aliphatic rings. The Morgan fingerprint density at radius 2 is 1.96 bits per heavy atom. The third-order valence-corrected chi connectivity index (χ3v) is 5.20. The maximum absolute atomic E-state index is 12.5. The van der Waals surface area contributed by atoms with Crippen LogP contribution in [0.25, 0.3) is 0 Å². The van der Waals surface area contributed by atoms with Gasteiger partial charge in [0.2, 0.25) is 5.91 Å². The molecule has 0 saturated heterocycles. The number of rotatable bonds is 6. The first-order valence-electron chi connectivity index (χ1n) is 9.38. The molecule has 3 rings (SSSR count). The van der Waals surface area contributed by atoms with E-state index in [9.17, 15) is 9.59 Å². The average Bonchev–Trinajstić information content (AvgIpc) is 2.67. The van der Waals surface area contributed by atoms with Crippen molar-refractivity contribution in [2.75, 3.05) is 18.0 Å². The maximum atomic E-state index is 12.5. The maximum Gasteiger partial charge on any atom is 0.267 e. The van der Waals surface area contributed by atoms with Gasteiger partial charge in [-0.1, -0.05) is 49.7 Å². The summed E-state index contributed by atoms with van der Waals surface area (Å²) in [5, 5.41) is 3.66. The molecule has 0 fully saturated rings. The normalized spacial score (nSPS) is 16.4. The lowest BCUT2D eigenvalue weighted by Crippen LogP contribution is -2.46. The van der Waals surface area contributed by atoms with Gasteiger partial charge >= 0.3 is 0 Å². The van der Waals surface area contributed by atoms with Gasteiger partial charge in [-0.25, -0.2) is 0 Å². The van der Waals surface area contributed by atoms with Crippen LogP contribution in [0.4, 0.5) is 5.69 Å². The second-order valence-corrected chi connectivity index (χ2v) is 8.08. The first-order chi connectivity index (χ1) is 13.3. The number of amides is 2. The molecule has 1 heterocycles. The van der Waals surface area contributed by atoms with Crippen molar-refractivity contribution in [2.45, 2.75) is 38.7 Å². The zero-order valence-corrected chi connectivity index (χ0v) is 17.1. The van der Waals surface area contributed by atoms with Gasteiger partial charge in [-0.3, -0.25) is 9.59 Å². The number of anilines is 1. The zero-order valence-electron chi connectivity index (χ0n) is 16.4. The molecule has 28 heavy (non-hydrogen) atoms. The van der Waals surface area contributed by atoms with Crippen molar-refractivity contribution in [1.82, 2.24) is 5.32 Å². The Morgan fingerprint density at radius 1 is 1.21 bits per heavy atom. The number of fused-ring (bicyclic) bond motifs is 1. The van der Waals surface area contributed by atoms with Crippen LogP contribution in [0.15, 0.2) is 48.5 Å². The van der Waals surface area contributed by atoms with E-state index in [0.29, 0.717) is 29.5 Å². The monoisotopic (exact) mass is 400 g/mol. The largest absolute Gasteiger partial charge is 0.479 e. The lowest BCUT2D eigenvalue weighted by Gasteiger charge is -2.33. The Labute approximate surface area is 170 Å². The number of hydrogen-bond acceptors (Lipinski definition) is 3. The molecule has 0 radical (unpaired) electrons. The average molecular weight is 401 g/mol. The predicted molar refractivity (Wildman–Crippen MR) is 111 cm³/mol. The molecule has 0 bridgehead atoms. The molecule has 0 spiro atoms. The van der Waals surface area contributed by atoms with Crippen LogP contribution in [0.1, 0.15) is 32.8 Å². The van der Waals surface area contributed by atoms with Crippen LogP contribution in [0.2, 0.25) is 5.02 Å². The Hall–Kier alpha value is -2.53. The highest BCUT2D eigenvalue weighted by molar-refractivity contribution is 6.30. The summed E-state index contributed by atoms with van der Waals surface area (Å²) in [5.74, 6) is 0.433. The van der Waals surface area contributed by atoms with E-state index < -0.39 is 6.10 Å². The summed E-state index contributed by atoms with van der Waals surface area (Å²) in [4.78, 5) is 26.5. The fourth-order valence-electron chi connectivity index (χ4n) is 3.22. The van der Waals surface area contributed by atoms with Gasteiger partial charge in [-0.15, -0.1) is 0 Å². The number of para-hydroxylation sites is 2. The molecule has 0 aromatic heterocycles. The van der Waals surface area contributed by atoms with E-state index in [-0.39, 0.29) is 23.7 Å². The van der Waals surface area contributed by atoms with E-state index in [1.165, 1.54) is 0 Å². The van der Waals surface area contributed by atoms with Gasteiger partial charge in [0, 0.05) is 29.9 Å². The first-order valence-corrected chi connectivity index (χ1v) is 9.75.